The lowest BCUT2D eigenvalue weighted by Crippen LogP contribution is -2.15. The molecule has 0 bridgehead atoms. The highest BCUT2D eigenvalue weighted by atomic mass is 14.9. The Kier molecular flexibility index (Phi) is 4.03. The monoisotopic (exact) mass is 275 g/mol. The summed E-state index contributed by atoms with van der Waals surface area (Å²) in [4.78, 5) is 0. The van der Waals surface area contributed by atoms with Crippen molar-refractivity contribution in [3.63, 3.8) is 0 Å². The largest absolute Gasteiger partial charge is 0.313 e. The maximum absolute atomic E-state index is 3.38. The van der Waals surface area contributed by atoms with Crippen LogP contribution in [0, 0.1) is 0 Å². The van der Waals surface area contributed by atoms with Gasteiger partial charge in [-0.3, -0.25) is 0 Å². The quantitative estimate of drug-likeness (QED) is 0.692. The molecular formula is C20H21N. The topological polar surface area (TPSA) is 12.0 Å². The summed E-state index contributed by atoms with van der Waals surface area (Å²) in [6.07, 6.45) is 1.09. The number of nitrogens with one attached hydrogen (secondary N) is 1. The fourth-order valence-electron chi connectivity index (χ4n) is 2.91. The zero-order chi connectivity index (χ0) is 14.7. The van der Waals surface area contributed by atoms with Crippen LogP contribution in [0.15, 0.2) is 66.7 Å². The Bertz CT molecular complexity index is 741. The lowest BCUT2D eigenvalue weighted by molar-refractivity contribution is 0.577. The van der Waals surface area contributed by atoms with E-state index >= 15 is 0 Å². The van der Waals surface area contributed by atoms with Gasteiger partial charge in [-0.2, -0.15) is 0 Å². The van der Waals surface area contributed by atoms with Crippen molar-refractivity contribution in [2.24, 2.45) is 0 Å². The first-order valence-corrected chi connectivity index (χ1v) is 7.58. The van der Waals surface area contributed by atoms with E-state index < -0.39 is 0 Å². The molecule has 1 unspecified atom stereocenters. The second-order valence-electron chi connectivity index (χ2n) is 5.44. The molecule has 1 N–H and O–H groups in total. The van der Waals surface area contributed by atoms with Crippen LogP contribution in [0.5, 0.6) is 0 Å². The molecule has 1 atom stereocenters. The highest BCUT2D eigenvalue weighted by molar-refractivity contribution is 5.87. The molecule has 0 amide bonds. The third-order valence-corrected chi connectivity index (χ3v) is 4.13. The maximum atomic E-state index is 3.38. The van der Waals surface area contributed by atoms with Gasteiger partial charge in [0, 0.05) is 6.04 Å². The van der Waals surface area contributed by atoms with Gasteiger partial charge >= 0.3 is 0 Å². The van der Waals surface area contributed by atoms with Crippen LogP contribution in [0.2, 0.25) is 0 Å². The van der Waals surface area contributed by atoms with E-state index in [4.69, 9.17) is 0 Å². The molecule has 0 aliphatic heterocycles. The van der Waals surface area contributed by atoms with Gasteiger partial charge in [0.25, 0.3) is 0 Å². The third-order valence-electron chi connectivity index (χ3n) is 4.13. The van der Waals surface area contributed by atoms with E-state index in [2.05, 4.69) is 79.0 Å². The molecule has 0 aliphatic carbocycles. The summed E-state index contributed by atoms with van der Waals surface area (Å²) in [6.45, 7) is 2.21. The van der Waals surface area contributed by atoms with E-state index in [1.165, 1.54) is 27.5 Å². The number of benzene rings is 3. The van der Waals surface area contributed by atoms with Crippen LogP contribution in [0.4, 0.5) is 0 Å². The molecule has 0 saturated carbocycles. The Morgan fingerprint density at radius 3 is 2.33 bits per heavy atom. The standard InChI is InChI=1S/C20H21N/c1-3-20(21-2)19-10-6-9-17(14-19)18-12-11-15-7-4-5-8-16(15)13-18/h4-14,20-21H,3H2,1-2H3. The van der Waals surface area contributed by atoms with Crippen molar-refractivity contribution >= 4 is 10.8 Å². The second-order valence-corrected chi connectivity index (χ2v) is 5.44. The minimum atomic E-state index is 0.422. The summed E-state index contributed by atoms with van der Waals surface area (Å²) in [6, 6.07) is 24.5. The summed E-state index contributed by atoms with van der Waals surface area (Å²) in [7, 11) is 2.02. The van der Waals surface area contributed by atoms with Gasteiger partial charge in [-0.1, -0.05) is 61.5 Å². The molecule has 0 heterocycles. The van der Waals surface area contributed by atoms with Crippen molar-refractivity contribution in [1.82, 2.24) is 5.32 Å². The van der Waals surface area contributed by atoms with Gasteiger partial charge < -0.3 is 5.32 Å². The number of fused-ring (bicyclic) bond motifs is 1. The van der Waals surface area contributed by atoms with Gasteiger partial charge in [0.1, 0.15) is 0 Å². The number of rotatable bonds is 4. The first kappa shape index (κ1) is 13.8. The molecule has 1 nitrogen and oxygen atoms in total. The summed E-state index contributed by atoms with van der Waals surface area (Å²) in [5, 5.41) is 5.96. The number of hydrogen-bond acceptors (Lipinski definition) is 1. The Morgan fingerprint density at radius 2 is 1.57 bits per heavy atom. The van der Waals surface area contributed by atoms with Crippen LogP contribution < -0.4 is 5.32 Å². The molecule has 1 heteroatoms. The first-order chi connectivity index (χ1) is 10.3. The summed E-state index contributed by atoms with van der Waals surface area (Å²) in [5.41, 5.74) is 3.92. The predicted octanol–water partition coefficient (Wildman–Crippen LogP) is 5.18. The van der Waals surface area contributed by atoms with Crippen molar-refractivity contribution in [3.8, 4) is 11.1 Å². The van der Waals surface area contributed by atoms with E-state index in [9.17, 15) is 0 Å². The van der Waals surface area contributed by atoms with E-state index in [-0.39, 0.29) is 0 Å². The van der Waals surface area contributed by atoms with Gasteiger partial charge in [0.05, 0.1) is 0 Å². The average Bonchev–Trinajstić information content (AvgIpc) is 2.56. The van der Waals surface area contributed by atoms with Crippen LogP contribution in [-0.2, 0) is 0 Å². The zero-order valence-electron chi connectivity index (χ0n) is 12.6. The minimum absolute atomic E-state index is 0.422. The molecular weight excluding hydrogens is 254 g/mol. The molecule has 3 rings (SSSR count). The SMILES string of the molecule is CCC(NC)c1cccc(-c2ccc3ccccc3c2)c1. The maximum Gasteiger partial charge on any atom is 0.0315 e. The normalized spacial score (nSPS) is 12.5. The van der Waals surface area contributed by atoms with Crippen LogP contribution >= 0.6 is 0 Å². The highest BCUT2D eigenvalue weighted by Crippen LogP contribution is 2.27. The Balaban J connectivity index is 2.03. The summed E-state index contributed by atoms with van der Waals surface area (Å²) >= 11 is 0. The molecule has 0 radical (unpaired) electrons. The Hall–Kier alpha value is -2.12. The van der Waals surface area contributed by atoms with Crippen molar-refractivity contribution in [1.29, 1.82) is 0 Å². The van der Waals surface area contributed by atoms with E-state index in [0.29, 0.717) is 6.04 Å². The van der Waals surface area contributed by atoms with Crippen molar-refractivity contribution in [2.75, 3.05) is 7.05 Å². The fourth-order valence-corrected chi connectivity index (χ4v) is 2.91. The molecule has 21 heavy (non-hydrogen) atoms. The molecule has 0 fully saturated rings. The first-order valence-electron chi connectivity index (χ1n) is 7.58. The second kappa shape index (κ2) is 6.11. The molecule has 3 aromatic rings. The molecule has 3 aromatic carbocycles. The highest BCUT2D eigenvalue weighted by Gasteiger charge is 2.07. The van der Waals surface area contributed by atoms with Gasteiger partial charge in [-0.05, 0) is 53.1 Å². The zero-order valence-corrected chi connectivity index (χ0v) is 12.6. The van der Waals surface area contributed by atoms with Crippen molar-refractivity contribution in [2.45, 2.75) is 19.4 Å². The molecule has 0 aromatic heterocycles. The van der Waals surface area contributed by atoms with Crippen LogP contribution in [0.3, 0.4) is 0 Å². The van der Waals surface area contributed by atoms with Crippen LogP contribution in [0.1, 0.15) is 24.9 Å². The van der Waals surface area contributed by atoms with Crippen molar-refractivity contribution < 1.29 is 0 Å². The smallest absolute Gasteiger partial charge is 0.0315 e. The van der Waals surface area contributed by atoms with Crippen molar-refractivity contribution in [3.05, 3.63) is 72.3 Å². The summed E-state index contributed by atoms with van der Waals surface area (Å²) < 4.78 is 0. The Labute approximate surface area is 126 Å². The minimum Gasteiger partial charge on any atom is -0.313 e. The lowest BCUT2D eigenvalue weighted by Gasteiger charge is -2.15. The molecule has 0 aliphatic rings. The number of hydrogen-bond donors (Lipinski definition) is 1. The summed E-state index contributed by atoms with van der Waals surface area (Å²) in [5.74, 6) is 0. The predicted molar refractivity (Wildman–Crippen MR) is 91.5 cm³/mol. The fraction of sp³-hybridized carbons (Fsp3) is 0.200. The average molecular weight is 275 g/mol. The van der Waals surface area contributed by atoms with Gasteiger partial charge in [-0.15, -0.1) is 0 Å². The van der Waals surface area contributed by atoms with Crippen LogP contribution in [0.25, 0.3) is 21.9 Å². The van der Waals surface area contributed by atoms with E-state index in [1.54, 1.807) is 0 Å². The Morgan fingerprint density at radius 1 is 0.810 bits per heavy atom. The van der Waals surface area contributed by atoms with Crippen LogP contribution in [-0.4, -0.2) is 7.05 Å². The molecule has 0 saturated heterocycles. The lowest BCUT2D eigenvalue weighted by atomic mass is 9.97. The van der Waals surface area contributed by atoms with Gasteiger partial charge in [0.2, 0.25) is 0 Å². The third kappa shape index (κ3) is 2.84. The molecule has 106 valence electrons. The van der Waals surface area contributed by atoms with Gasteiger partial charge in [0.15, 0.2) is 0 Å². The van der Waals surface area contributed by atoms with Gasteiger partial charge in [-0.25, -0.2) is 0 Å². The molecule has 0 spiro atoms. The van der Waals surface area contributed by atoms with E-state index in [0.717, 1.165) is 6.42 Å². The van der Waals surface area contributed by atoms with E-state index in [1.807, 2.05) is 7.05 Å².